The van der Waals surface area contributed by atoms with Crippen LogP contribution in [0.25, 0.3) is 0 Å². The standard InChI is InChI=1S/C18H33NO5/c1-15(18(22)23-2)14-19(10-12-24-13-11-20)17(21)9-8-16-6-4-3-5-7-16/h15-16,20H,3-14H2,1-2H3. The molecule has 6 nitrogen and oxygen atoms in total. The van der Waals surface area contributed by atoms with E-state index >= 15 is 0 Å². The van der Waals surface area contributed by atoms with Crippen molar-refractivity contribution in [2.24, 2.45) is 11.8 Å². The number of carbonyl (C=O) groups is 2. The molecule has 6 heteroatoms. The summed E-state index contributed by atoms with van der Waals surface area (Å²) in [5.74, 6) is 0.0694. The highest BCUT2D eigenvalue weighted by atomic mass is 16.5. The second kappa shape index (κ2) is 12.3. The molecule has 0 aromatic heterocycles. The van der Waals surface area contributed by atoms with Crippen LogP contribution in [0.1, 0.15) is 51.9 Å². The summed E-state index contributed by atoms with van der Waals surface area (Å²) in [6.07, 6.45) is 7.78. The first-order valence-electron chi connectivity index (χ1n) is 9.12. The van der Waals surface area contributed by atoms with E-state index in [0.717, 1.165) is 6.42 Å². The van der Waals surface area contributed by atoms with Gasteiger partial charge in [0.05, 0.1) is 32.8 Å². The summed E-state index contributed by atoms with van der Waals surface area (Å²) in [4.78, 5) is 25.9. The van der Waals surface area contributed by atoms with Gasteiger partial charge in [-0.15, -0.1) is 0 Å². The van der Waals surface area contributed by atoms with E-state index in [1.807, 2.05) is 0 Å². The number of aliphatic hydroxyl groups is 1. The van der Waals surface area contributed by atoms with Crippen LogP contribution in [0.2, 0.25) is 0 Å². The molecule has 1 saturated carbocycles. The fraction of sp³-hybridized carbons (Fsp3) is 0.889. The molecule has 1 aliphatic carbocycles. The van der Waals surface area contributed by atoms with Crippen LogP contribution in [0.5, 0.6) is 0 Å². The molecular weight excluding hydrogens is 310 g/mol. The van der Waals surface area contributed by atoms with E-state index in [0.29, 0.717) is 32.0 Å². The van der Waals surface area contributed by atoms with E-state index in [1.165, 1.54) is 39.2 Å². The molecule has 0 aliphatic heterocycles. The highest BCUT2D eigenvalue weighted by molar-refractivity contribution is 5.78. The van der Waals surface area contributed by atoms with Crippen LogP contribution in [0.3, 0.4) is 0 Å². The summed E-state index contributed by atoms with van der Waals surface area (Å²) in [5, 5.41) is 8.75. The molecule has 0 aromatic rings. The monoisotopic (exact) mass is 343 g/mol. The number of aliphatic hydroxyl groups excluding tert-OH is 1. The number of methoxy groups -OCH3 is 1. The average molecular weight is 343 g/mol. The predicted octanol–water partition coefficient (Wildman–Crippen LogP) is 1.99. The van der Waals surface area contributed by atoms with Crippen LogP contribution in [0, 0.1) is 11.8 Å². The lowest BCUT2D eigenvalue weighted by Crippen LogP contribution is -2.39. The van der Waals surface area contributed by atoms with Crippen LogP contribution in [-0.2, 0) is 19.1 Å². The van der Waals surface area contributed by atoms with E-state index in [9.17, 15) is 9.59 Å². The molecule has 1 unspecified atom stereocenters. The lowest BCUT2D eigenvalue weighted by Gasteiger charge is -2.27. The summed E-state index contributed by atoms with van der Waals surface area (Å²) in [7, 11) is 1.36. The fourth-order valence-corrected chi connectivity index (χ4v) is 3.23. The molecule has 0 aromatic carbocycles. The minimum atomic E-state index is -0.355. The largest absolute Gasteiger partial charge is 0.469 e. The number of rotatable bonds is 11. The van der Waals surface area contributed by atoms with Crippen molar-refractivity contribution in [2.75, 3.05) is 40.0 Å². The number of esters is 1. The van der Waals surface area contributed by atoms with Gasteiger partial charge in [0.15, 0.2) is 0 Å². The molecule has 0 radical (unpaired) electrons. The maximum absolute atomic E-state index is 12.6. The molecule has 0 bridgehead atoms. The van der Waals surface area contributed by atoms with Crippen LogP contribution in [-0.4, -0.2) is 61.9 Å². The van der Waals surface area contributed by atoms with Gasteiger partial charge in [-0.3, -0.25) is 9.59 Å². The number of hydrogen-bond donors (Lipinski definition) is 1. The lowest BCUT2D eigenvalue weighted by atomic mass is 9.86. The zero-order valence-corrected chi connectivity index (χ0v) is 15.2. The van der Waals surface area contributed by atoms with Crippen LogP contribution in [0.15, 0.2) is 0 Å². The zero-order valence-electron chi connectivity index (χ0n) is 15.2. The topological polar surface area (TPSA) is 76.1 Å². The molecule has 1 fully saturated rings. The van der Waals surface area contributed by atoms with Crippen LogP contribution in [0.4, 0.5) is 0 Å². The van der Waals surface area contributed by atoms with Crippen molar-refractivity contribution < 1.29 is 24.2 Å². The summed E-state index contributed by atoms with van der Waals surface area (Å²) in [5.41, 5.74) is 0. The number of ether oxygens (including phenoxy) is 2. The van der Waals surface area contributed by atoms with Crippen molar-refractivity contribution in [3.05, 3.63) is 0 Å². The summed E-state index contributed by atoms with van der Waals surface area (Å²) >= 11 is 0. The Morgan fingerprint density at radius 2 is 1.92 bits per heavy atom. The van der Waals surface area contributed by atoms with E-state index in [4.69, 9.17) is 14.6 Å². The third-order valence-corrected chi connectivity index (χ3v) is 4.68. The van der Waals surface area contributed by atoms with Gasteiger partial charge in [0, 0.05) is 19.5 Å². The first-order chi connectivity index (χ1) is 11.6. The Morgan fingerprint density at radius 3 is 2.54 bits per heavy atom. The molecule has 0 spiro atoms. The first-order valence-corrected chi connectivity index (χ1v) is 9.12. The van der Waals surface area contributed by atoms with Gasteiger partial charge in [0.25, 0.3) is 0 Å². The Morgan fingerprint density at radius 1 is 1.21 bits per heavy atom. The highest BCUT2D eigenvalue weighted by Crippen LogP contribution is 2.27. The molecule has 0 heterocycles. The van der Waals surface area contributed by atoms with Gasteiger partial charge in [-0.2, -0.15) is 0 Å². The van der Waals surface area contributed by atoms with Gasteiger partial charge in [-0.25, -0.2) is 0 Å². The molecular formula is C18H33NO5. The van der Waals surface area contributed by atoms with E-state index < -0.39 is 0 Å². The molecule has 24 heavy (non-hydrogen) atoms. The van der Waals surface area contributed by atoms with Gasteiger partial charge in [-0.05, 0) is 12.3 Å². The van der Waals surface area contributed by atoms with Crippen molar-refractivity contribution in [3.63, 3.8) is 0 Å². The van der Waals surface area contributed by atoms with Crippen molar-refractivity contribution >= 4 is 11.9 Å². The molecule has 0 saturated heterocycles. The normalized spacial score (nSPS) is 16.6. The summed E-state index contributed by atoms with van der Waals surface area (Å²) in [6.45, 7) is 3.14. The Hall–Kier alpha value is -1.14. The van der Waals surface area contributed by atoms with Crippen molar-refractivity contribution in [3.8, 4) is 0 Å². The van der Waals surface area contributed by atoms with Crippen molar-refractivity contribution in [1.29, 1.82) is 0 Å². The van der Waals surface area contributed by atoms with Gasteiger partial charge in [0.1, 0.15) is 0 Å². The van der Waals surface area contributed by atoms with Crippen molar-refractivity contribution in [2.45, 2.75) is 51.9 Å². The first kappa shape index (κ1) is 20.9. The van der Waals surface area contributed by atoms with Gasteiger partial charge < -0.3 is 19.5 Å². The third kappa shape index (κ3) is 8.11. The van der Waals surface area contributed by atoms with Gasteiger partial charge >= 0.3 is 5.97 Å². The predicted molar refractivity (Wildman–Crippen MR) is 91.5 cm³/mol. The molecule has 1 N–H and O–H groups in total. The van der Waals surface area contributed by atoms with E-state index in [-0.39, 0.29) is 31.0 Å². The Kier molecular flexibility index (Phi) is 10.7. The number of carbonyl (C=O) groups excluding carboxylic acids is 2. The smallest absolute Gasteiger partial charge is 0.310 e. The second-order valence-corrected chi connectivity index (χ2v) is 6.64. The quantitative estimate of drug-likeness (QED) is 0.459. The van der Waals surface area contributed by atoms with Gasteiger partial charge in [-0.1, -0.05) is 39.0 Å². The number of hydrogen-bond acceptors (Lipinski definition) is 5. The zero-order chi connectivity index (χ0) is 17.8. The van der Waals surface area contributed by atoms with E-state index in [2.05, 4.69) is 0 Å². The Balaban J connectivity index is 2.47. The number of nitrogens with zero attached hydrogens (tertiary/aromatic N) is 1. The fourth-order valence-electron chi connectivity index (χ4n) is 3.23. The van der Waals surface area contributed by atoms with Crippen LogP contribution >= 0.6 is 0 Å². The minimum Gasteiger partial charge on any atom is -0.469 e. The average Bonchev–Trinajstić information content (AvgIpc) is 2.62. The maximum Gasteiger partial charge on any atom is 0.310 e. The summed E-state index contributed by atoms with van der Waals surface area (Å²) < 4.78 is 10.0. The summed E-state index contributed by atoms with van der Waals surface area (Å²) in [6, 6.07) is 0. The second-order valence-electron chi connectivity index (χ2n) is 6.64. The third-order valence-electron chi connectivity index (χ3n) is 4.68. The Labute approximate surface area is 145 Å². The minimum absolute atomic E-state index is 0.0335. The maximum atomic E-state index is 12.6. The molecule has 1 amide bonds. The highest BCUT2D eigenvalue weighted by Gasteiger charge is 2.22. The Bertz CT molecular complexity index is 368. The molecule has 1 rings (SSSR count). The molecule has 1 atom stereocenters. The SMILES string of the molecule is COC(=O)C(C)CN(CCOCCO)C(=O)CCC1CCCCC1. The van der Waals surface area contributed by atoms with Crippen molar-refractivity contribution in [1.82, 2.24) is 4.90 Å². The molecule has 1 aliphatic rings. The van der Waals surface area contributed by atoms with Gasteiger partial charge in [0.2, 0.25) is 5.91 Å². The number of amides is 1. The van der Waals surface area contributed by atoms with E-state index in [1.54, 1.807) is 11.8 Å². The molecule has 140 valence electrons. The lowest BCUT2D eigenvalue weighted by molar-refractivity contribution is -0.146. The van der Waals surface area contributed by atoms with Crippen LogP contribution < -0.4 is 0 Å².